The Morgan fingerprint density at radius 3 is 2.65 bits per heavy atom. The van der Waals surface area contributed by atoms with Gasteiger partial charge in [0.2, 0.25) is 0 Å². The highest BCUT2D eigenvalue weighted by molar-refractivity contribution is 7.20. The molecular formula is C15H19N3O4S. The third kappa shape index (κ3) is 2.89. The molecule has 0 spiro atoms. The van der Waals surface area contributed by atoms with Crippen molar-refractivity contribution < 1.29 is 14.4 Å². The lowest BCUT2D eigenvalue weighted by Crippen LogP contribution is -2.33. The molecule has 1 N–H and O–H groups in total. The second-order valence-corrected chi connectivity index (χ2v) is 6.56. The number of esters is 1. The normalized spacial score (nSPS) is 16.8. The van der Waals surface area contributed by atoms with Crippen LogP contribution in [0.4, 0.5) is 0 Å². The van der Waals surface area contributed by atoms with Gasteiger partial charge in [-0.25, -0.2) is 9.78 Å². The predicted molar refractivity (Wildman–Crippen MR) is 86.9 cm³/mol. The number of nitrogens with zero attached hydrogens (tertiary/aromatic N) is 2. The minimum absolute atomic E-state index is 0.192. The van der Waals surface area contributed by atoms with Crippen molar-refractivity contribution in [1.82, 2.24) is 15.0 Å². The minimum Gasteiger partial charge on any atom is -0.465 e. The Hall–Kier alpha value is -1.77. The van der Waals surface area contributed by atoms with Crippen molar-refractivity contribution in [3.8, 4) is 0 Å². The topological polar surface area (TPSA) is 84.5 Å². The molecule has 1 aliphatic heterocycles. The van der Waals surface area contributed by atoms with E-state index in [1.807, 2.05) is 5.06 Å². The zero-order valence-corrected chi connectivity index (χ0v) is 14.2. The Morgan fingerprint density at radius 1 is 1.35 bits per heavy atom. The van der Waals surface area contributed by atoms with Gasteiger partial charge in [-0.2, -0.15) is 5.06 Å². The van der Waals surface area contributed by atoms with Crippen LogP contribution in [0.25, 0.3) is 10.2 Å². The standard InChI is InChI=1S/C15H19N3O4S/c1-8-10-13(19)16-12(9-4-6-18(22-3)7-5-9)17-14(10)23-11(8)15(20)21-2/h9H,4-7H2,1-3H3,(H,16,17,19). The summed E-state index contributed by atoms with van der Waals surface area (Å²) in [7, 11) is 2.99. The maximum absolute atomic E-state index is 12.4. The highest BCUT2D eigenvalue weighted by atomic mass is 32.1. The van der Waals surface area contributed by atoms with Crippen LogP contribution >= 0.6 is 11.3 Å². The number of H-pyrrole nitrogens is 1. The first-order valence-corrected chi connectivity index (χ1v) is 8.27. The Bertz CT molecular complexity index is 790. The van der Waals surface area contributed by atoms with E-state index in [1.54, 1.807) is 14.0 Å². The lowest BCUT2D eigenvalue weighted by molar-refractivity contribution is -0.144. The number of piperidine rings is 1. The molecule has 0 amide bonds. The molecule has 7 nitrogen and oxygen atoms in total. The third-order valence-corrected chi connectivity index (χ3v) is 5.45. The molecule has 8 heteroatoms. The average molecular weight is 337 g/mol. The molecule has 1 aliphatic rings. The van der Waals surface area contributed by atoms with Crippen LogP contribution in [0.15, 0.2) is 4.79 Å². The molecular weight excluding hydrogens is 318 g/mol. The summed E-state index contributed by atoms with van der Waals surface area (Å²) in [6.07, 6.45) is 1.74. The first kappa shape index (κ1) is 16.1. The van der Waals surface area contributed by atoms with Crippen LogP contribution in [0.1, 0.15) is 39.8 Å². The van der Waals surface area contributed by atoms with Gasteiger partial charge in [-0.3, -0.25) is 4.79 Å². The van der Waals surface area contributed by atoms with E-state index in [4.69, 9.17) is 9.57 Å². The summed E-state index contributed by atoms with van der Waals surface area (Å²) in [6, 6.07) is 0. The van der Waals surface area contributed by atoms with Crippen molar-refractivity contribution in [2.24, 2.45) is 0 Å². The summed E-state index contributed by atoms with van der Waals surface area (Å²) < 4.78 is 4.77. The Balaban J connectivity index is 1.98. The van der Waals surface area contributed by atoms with Crippen molar-refractivity contribution in [3.63, 3.8) is 0 Å². The van der Waals surface area contributed by atoms with Crippen LogP contribution < -0.4 is 5.56 Å². The Morgan fingerprint density at radius 2 is 2.04 bits per heavy atom. The summed E-state index contributed by atoms with van der Waals surface area (Å²) in [6.45, 7) is 3.36. The zero-order chi connectivity index (χ0) is 16.6. The van der Waals surface area contributed by atoms with E-state index in [0.29, 0.717) is 26.5 Å². The van der Waals surface area contributed by atoms with Crippen LogP contribution in [0.2, 0.25) is 0 Å². The molecule has 0 aliphatic carbocycles. The van der Waals surface area contributed by atoms with Gasteiger partial charge >= 0.3 is 5.97 Å². The van der Waals surface area contributed by atoms with E-state index in [9.17, 15) is 9.59 Å². The molecule has 0 radical (unpaired) electrons. The molecule has 23 heavy (non-hydrogen) atoms. The fourth-order valence-electron chi connectivity index (χ4n) is 2.95. The number of rotatable bonds is 3. The number of hydrogen-bond acceptors (Lipinski definition) is 7. The van der Waals surface area contributed by atoms with Gasteiger partial charge < -0.3 is 14.6 Å². The second kappa shape index (κ2) is 6.38. The molecule has 0 bridgehead atoms. The fourth-order valence-corrected chi connectivity index (χ4v) is 4.06. The van der Waals surface area contributed by atoms with E-state index < -0.39 is 5.97 Å². The molecule has 1 fully saturated rings. The molecule has 0 unspecified atom stereocenters. The number of nitrogens with one attached hydrogen (secondary N) is 1. The minimum atomic E-state index is -0.431. The maximum atomic E-state index is 12.4. The van der Waals surface area contributed by atoms with E-state index >= 15 is 0 Å². The Labute approximate surface area is 137 Å². The number of aryl methyl sites for hydroxylation is 1. The lowest BCUT2D eigenvalue weighted by atomic mass is 9.97. The molecule has 0 aromatic carbocycles. The van der Waals surface area contributed by atoms with Gasteiger partial charge in [0.1, 0.15) is 15.5 Å². The van der Waals surface area contributed by atoms with E-state index in [-0.39, 0.29) is 11.5 Å². The van der Waals surface area contributed by atoms with Crippen LogP contribution in [0, 0.1) is 6.92 Å². The van der Waals surface area contributed by atoms with Crippen LogP contribution in [0.5, 0.6) is 0 Å². The highest BCUT2D eigenvalue weighted by Gasteiger charge is 2.25. The van der Waals surface area contributed by atoms with E-state index in [2.05, 4.69) is 9.97 Å². The highest BCUT2D eigenvalue weighted by Crippen LogP contribution is 2.30. The van der Waals surface area contributed by atoms with Crippen molar-refractivity contribution in [2.45, 2.75) is 25.7 Å². The summed E-state index contributed by atoms with van der Waals surface area (Å²) in [5.41, 5.74) is 0.439. The van der Waals surface area contributed by atoms with Crippen molar-refractivity contribution in [1.29, 1.82) is 0 Å². The van der Waals surface area contributed by atoms with Crippen molar-refractivity contribution in [2.75, 3.05) is 27.3 Å². The number of carbonyl (C=O) groups is 1. The molecule has 0 atom stereocenters. The number of carbonyl (C=O) groups excluding carboxylic acids is 1. The Kier molecular flexibility index (Phi) is 4.47. The molecule has 0 saturated carbocycles. The van der Waals surface area contributed by atoms with Crippen molar-refractivity contribution in [3.05, 3.63) is 26.6 Å². The van der Waals surface area contributed by atoms with Gasteiger partial charge in [-0.1, -0.05) is 0 Å². The molecule has 3 heterocycles. The number of ether oxygens (including phenoxy) is 1. The van der Waals surface area contributed by atoms with Crippen LogP contribution in [-0.4, -0.2) is 48.3 Å². The maximum Gasteiger partial charge on any atom is 0.348 e. The largest absolute Gasteiger partial charge is 0.465 e. The lowest BCUT2D eigenvalue weighted by Gasteiger charge is -2.29. The molecule has 2 aromatic heterocycles. The number of methoxy groups -OCH3 is 1. The fraction of sp³-hybridized carbons (Fsp3) is 0.533. The summed E-state index contributed by atoms with van der Waals surface area (Å²) >= 11 is 1.21. The SMILES string of the molecule is COC(=O)c1sc2nc(C3CCN(OC)CC3)[nH]c(=O)c2c1C. The van der Waals surface area contributed by atoms with Gasteiger partial charge in [0.25, 0.3) is 5.56 Å². The van der Waals surface area contributed by atoms with E-state index in [0.717, 1.165) is 25.9 Å². The first-order valence-electron chi connectivity index (χ1n) is 7.45. The number of aromatic amines is 1. The van der Waals surface area contributed by atoms with E-state index in [1.165, 1.54) is 18.4 Å². The van der Waals surface area contributed by atoms with Gasteiger partial charge in [0.15, 0.2) is 0 Å². The third-order valence-electron chi connectivity index (χ3n) is 4.29. The summed E-state index contributed by atoms with van der Waals surface area (Å²) in [4.78, 5) is 38.0. The molecule has 2 aromatic rings. The number of fused-ring (bicyclic) bond motifs is 1. The zero-order valence-electron chi connectivity index (χ0n) is 13.3. The number of hydroxylamine groups is 2. The van der Waals surface area contributed by atoms with Gasteiger partial charge in [0.05, 0.1) is 19.6 Å². The first-order chi connectivity index (χ1) is 11.0. The number of thiophene rings is 1. The van der Waals surface area contributed by atoms with Crippen LogP contribution in [-0.2, 0) is 9.57 Å². The average Bonchev–Trinajstić information content (AvgIpc) is 2.91. The van der Waals surface area contributed by atoms with Gasteiger partial charge in [-0.15, -0.1) is 11.3 Å². The summed E-state index contributed by atoms with van der Waals surface area (Å²) in [5, 5.41) is 2.38. The second-order valence-electron chi connectivity index (χ2n) is 5.56. The predicted octanol–water partition coefficient (Wildman–Crippen LogP) is 1.82. The molecule has 124 valence electrons. The number of hydrogen-bond donors (Lipinski definition) is 1. The van der Waals surface area contributed by atoms with Crippen molar-refractivity contribution >= 4 is 27.5 Å². The van der Waals surface area contributed by atoms with Crippen LogP contribution in [0.3, 0.4) is 0 Å². The van der Waals surface area contributed by atoms with Gasteiger partial charge in [0, 0.05) is 19.0 Å². The smallest absolute Gasteiger partial charge is 0.348 e. The monoisotopic (exact) mass is 337 g/mol. The van der Waals surface area contributed by atoms with Gasteiger partial charge in [-0.05, 0) is 25.3 Å². The summed E-state index contributed by atoms with van der Waals surface area (Å²) in [5.74, 6) is 0.457. The quantitative estimate of drug-likeness (QED) is 0.860. The molecule has 1 saturated heterocycles. The number of aromatic nitrogens is 2. The molecule has 3 rings (SSSR count).